The van der Waals surface area contributed by atoms with E-state index in [0.29, 0.717) is 49.2 Å². The van der Waals surface area contributed by atoms with Crippen molar-refractivity contribution in [2.75, 3.05) is 86.5 Å². The maximum absolute atomic E-state index is 13.3. The highest BCUT2D eigenvalue weighted by atomic mass is 16.5. The molecule has 1 spiro atoms. The summed E-state index contributed by atoms with van der Waals surface area (Å²) in [6.45, 7) is 9.03. The molecule has 3 amide bonds. The number of benzene rings is 1. The number of anilines is 5. The van der Waals surface area contributed by atoms with Crippen LogP contribution in [0.1, 0.15) is 15.9 Å². The summed E-state index contributed by atoms with van der Waals surface area (Å²) in [5.74, 6) is -0.00299. The second-order valence-electron chi connectivity index (χ2n) is 11.6. The Kier molecular flexibility index (Phi) is 6.80. The van der Waals surface area contributed by atoms with Gasteiger partial charge < -0.3 is 45.1 Å². The highest BCUT2D eigenvalue weighted by molar-refractivity contribution is 6.08. The first-order valence-corrected chi connectivity index (χ1v) is 14.5. The number of fused-ring (bicyclic) bond motifs is 1. The van der Waals surface area contributed by atoms with Gasteiger partial charge in [0.05, 0.1) is 36.2 Å². The number of H-pyrrole nitrogens is 1. The summed E-state index contributed by atoms with van der Waals surface area (Å²) in [5.41, 5.74) is 3.92. The van der Waals surface area contributed by atoms with Crippen molar-refractivity contribution in [2.24, 2.45) is 5.41 Å². The van der Waals surface area contributed by atoms with Crippen molar-refractivity contribution < 1.29 is 19.1 Å². The van der Waals surface area contributed by atoms with Crippen LogP contribution in [0.2, 0.25) is 0 Å². The average molecular weight is 587 g/mol. The van der Waals surface area contributed by atoms with Crippen LogP contribution in [-0.4, -0.2) is 97.3 Å². The molecule has 6 heterocycles. The van der Waals surface area contributed by atoms with Crippen LogP contribution in [-0.2, 0) is 4.74 Å². The first-order chi connectivity index (χ1) is 20.9. The number of aromatic nitrogens is 2. The molecule has 0 radical (unpaired) electrons. The fraction of sp³-hybridized carbons (Fsp3) is 0.400. The largest absolute Gasteiger partial charge is 0.474 e. The number of carbonyl (C=O) groups is 2. The van der Waals surface area contributed by atoms with Crippen LogP contribution in [0.25, 0.3) is 0 Å². The van der Waals surface area contributed by atoms with E-state index in [9.17, 15) is 14.4 Å². The van der Waals surface area contributed by atoms with Gasteiger partial charge in [0.2, 0.25) is 5.88 Å². The van der Waals surface area contributed by atoms with E-state index in [1.165, 1.54) is 6.20 Å². The third kappa shape index (κ3) is 5.09. The molecule has 0 saturated carbocycles. The molecule has 4 N–H and O–H groups in total. The highest BCUT2D eigenvalue weighted by Crippen LogP contribution is 2.38. The van der Waals surface area contributed by atoms with Crippen molar-refractivity contribution in [2.45, 2.75) is 6.92 Å². The van der Waals surface area contributed by atoms with E-state index in [4.69, 9.17) is 9.47 Å². The zero-order chi connectivity index (χ0) is 29.6. The Morgan fingerprint density at radius 3 is 2.49 bits per heavy atom. The van der Waals surface area contributed by atoms with Crippen molar-refractivity contribution in [1.82, 2.24) is 19.8 Å². The van der Waals surface area contributed by atoms with Crippen LogP contribution in [0.5, 0.6) is 5.88 Å². The number of nitrogens with zero attached hydrogens (tertiary/aromatic N) is 4. The van der Waals surface area contributed by atoms with E-state index < -0.39 is 11.5 Å². The zero-order valence-electron chi connectivity index (χ0n) is 23.9. The lowest BCUT2D eigenvalue weighted by molar-refractivity contribution is -0.177. The van der Waals surface area contributed by atoms with Crippen molar-refractivity contribution in [3.05, 3.63) is 64.2 Å². The van der Waals surface area contributed by atoms with E-state index in [2.05, 4.69) is 30.8 Å². The summed E-state index contributed by atoms with van der Waals surface area (Å²) < 4.78 is 10.9. The number of rotatable bonds is 5. The molecule has 3 fully saturated rings. The summed E-state index contributed by atoms with van der Waals surface area (Å²) in [7, 11) is 0. The molecule has 0 bridgehead atoms. The highest BCUT2D eigenvalue weighted by Gasteiger charge is 2.51. The van der Waals surface area contributed by atoms with Crippen LogP contribution < -0.4 is 31.1 Å². The van der Waals surface area contributed by atoms with Crippen LogP contribution >= 0.6 is 0 Å². The quantitative estimate of drug-likeness (QED) is 0.354. The third-order valence-electron chi connectivity index (χ3n) is 8.58. The molecule has 0 unspecified atom stereocenters. The SMILES string of the molecule is Cc1c(Nc2cc[nH]c(=O)c2C(=O)Nc2ccc(N3CCN(C(=O)N4CC5(COC5)C4)CC3)cc2)cnc2c1NCCO2. The van der Waals surface area contributed by atoms with E-state index >= 15 is 0 Å². The molecule has 4 aliphatic rings. The van der Waals surface area contributed by atoms with Gasteiger partial charge in [0.15, 0.2) is 0 Å². The van der Waals surface area contributed by atoms with E-state index in [-0.39, 0.29) is 17.0 Å². The predicted octanol–water partition coefficient (Wildman–Crippen LogP) is 2.45. The van der Waals surface area contributed by atoms with Gasteiger partial charge in [-0.3, -0.25) is 9.59 Å². The molecular formula is C30H34N8O5. The molecule has 13 nitrogen and oxygen atoms in total. The predicted molar refractivity (Wildman–Crippen MR) is 162 cm³/mol. The Bertz CT molecular complexity index is 1600. The first-order valence-electron chi connectivity index (χ1n) is 14.5. The van der Waals surface area contributed by atoms with Crippen LogP contribution in [0.3, 0.4) is 0 Å². The molecule has 13 heteroatoms. The molecule has 3 saturated heterocycles. The number of carbonyl (C=O) groups excluding carboxylic acids is 2. The van der Waals surface area contributed by atoms with Gasteiger partial charge >= 0.3 is 6.03 Å². The summed E-state index contributed by atoms with van der Waals surface area (Å²) >= 11 is 0. The monoisotopic (exact) mass is 586 g/mol. The minimum atomic E-state index is -0.532. The Morgan fingerprint density at radius 1 is 1.00 bits per heavy atom. The summed E-state index contributed by atoms with van der Waals surface area (Å²) in [5, 5.41) is 9.34. The minimum absolute atomic E-state index is 0.0355. The Balaban J connectivity index is 0.980. The van der Waals surface area contributed by atoms with Gasteiger partial charge in [-0.15, -0.1) is 0 Å². The van der Waals surface area contributed by atoms with Gasteiger partial charge in [-0.1, -0.05) is 0 Å². The van der Waals surface area contributed by atoms with Crippen molar-refractivity contribution >= 4 is 40.4 Å². The number of ether oxygens (including phenoxy) is 2. The smallest absolute Gasteiger partial charge is 0.320 e. The van der Waals surface area contributed by atoms with Gasteiger partial charge in [0.1, 0.15) is 17.9 Å². The fourth-order valence-corrected chi connectivity index (χ4v) is 6.08. The van der Waals surface area contributed by atoms with Crippen molar-refractivity contribution in [3.8, 4) is 5.88 Å². The lowest BCUT2D eigenvalue weighted by Gasteiger charge is -2.55. The number of likely N-dealkylation sites (tertiary alicyclic amines) is 1. The molecule has 0 atom stereocenters. The van der Waals surface area contributed by atoms with Crippen LogP contribution in [0.15, 0.2) is 47.5 Å². The Labute approximate surface area is 248 Å². The number of aromatic amines is 1. The van der Waals surface area contributed by atoms with E-state index in [1.54, 1.807) is 12.3 Å². The second kappa shape index (κ2) is 10.8. The van der Waals surface area contributed by atoms with E-state index in [0.717, 1.165) is 56.3 Å². The lowest BCUT2D eigenvalue weighted by atomic mass is 9.78. The summed E-state index contributed by atoms with van der Waals surface area (Å²) in [6.07, 6.45) is 3.12. The number of amides is 3. The minimum Gasteiger partial charge on any atom is -0.474 e. The van der Waals surface area contributed by atoms with Crippen LogP contribution in [0.4, 0.5) is 33.2 Å². The van der Waals surface area contributed by atoms with Gasteiger partial charge in [-0.2, -0.15) is 0 Å². The topological polar surface area (TPSA) is 144 Å². The first kappa shape index (κ1) is 27.1. The number of pyridine rings is 2. The Hall–Kier alpha value is -4.78. The molecule has 3 aromatic rings. The summed E-state index contributed by atoms with van der Waals surface area (Å²) in [4.78, 5) is 52.0. The number of hydrogen-bond donors (Lipinski definition) is 4. The molecule has 43 heavy (non-hydrogen) atoms. The molecule has 2 aromatic heterocycles. The van der Waals surface area contributed by atoms with Gasteiger partial charge in [-0.05, 0) is 37.3 Å². The lowest BCUT2D eigenvalue weighted by Crippen LogP contribution is -2.69. The maximum Gasteiger partial charge on any atom is 0.320 e. The molecule has 0 aliphatic carbocycles. The molecule has 4 aliphatic heterocycles. The molecule has 224 valence electrons. The standard InChI is InChI=1S/C30H34N8O5/c1-19-23(14-33-28-25(19)31-8-13-43-28)35-22-6-7-32-26(39)24(22)27(40)34-20-2-4-21(5-3-20)36-9-11-37(12-10-36)29(41)38-15-30(16-38)17-42-18-30/h2-7,14,31H,8-13,15-18H2,1H3,(H,34,40)(H2,32,35,39). The number of piperazine rings is 1. The second-order valence-corrected chi connectivity index (χ2v) is 11.6. The average Bonchev–Trinajstić information content (AvgIpc) is 2.98. The van der Waals surface area contributed by atoms with Gasteiger partial charge in [-0.25, -0.2) is 9.78 Å². The number of urea groups is 1. The fourth-order valence-electron chi connectivity index (χ4n) is 6.08. The molecule has 1 aromatic carbocycles. The third-order valence-corrected chi connectivity index (χ3v) is 8.58. The van der Waals surface area contributed by atoms with E-state index in [1.807, 2.05) is 41.0 Å². The van der Waals surface area contributed by atoms with Crippen molar-refractivity contribution in [3.63, 3.8) is 0 Å². The molecular weight excluding hydrogens is 552 g/mol. The maximum atomic E-state index is 13.3. The van der Waals surface area contributed by atoms with Crippen molar-refractivity contribution in [1.29, 1.82) is 0 Å². The number of nitrogens with one attached hydrogen (secondary N) is 4. The molecule has 7 rings (SSSR count). The van der Waals surface area contributed by atoms with Gasteiger partial charge in [0.25, 0.3) is 11.5 Å². The summed E-state index contributed by atoms with van der Waals surface area (Å²) in [6, 6.07) is 9.28. The van der Waals surface area contributed by atoms with Crippen LogP contribution in [0, 0.1) is 12.3 Å². The van der Waals surface area contributed by atoms with Gasteiger partial charge in [0, 0.05) is 68.9 Å². The Morgan fingerprint density at radius 2 is 1.77 bits per heavy atom. The number of hydrogen-bond acceptors (Lipinski definition) is 9. The normalized spacial score (nSPS) is 18.5. The zero-order valence-corrected chi connectivity index (χ0v) is 23.9.